The fourth-order valence-corrected chi connectivity index (χ4v) is 6.31. The Kier molecular flexibility index (Phi) is 6.22. The molecule has 10 heteroatoms. The van der Waals surface area contributed by atoms with Crippen molar-refractivity contribution >= 4 is 17.2 Å². The Balaban J connectivity index is 1.26. The number of pyridine rings is 2. The van der Waals surface area contributed by atoms with Crippen LogP contribution in [-0.4, -0.2) is 59.2 Å². The minimum atomic E-state index is -0.746. The van der Waals surface area contributed by atoms with Gasteiger partial charge in [-0.25, -0.2) is 9.37 Å². The third-order valence-corrected chi connectivity index (χ3v) is 8.16. The Morgan fingerprint density at radius 2 is 2.08 bits per heavy atom. The van der Waals surface area contributed by atoms with E-state index in [1.807, 2.05) is 53.7 Å². The van der Waals surface area contributed by atoms with Gasteiger partial charge in [-0.2, -0.15) is 0 Å². The zero-order valence-electron chi connectivity index (χ0n) is 22.0. The lowest BCUT2D eigenvalue weighted by Gasteiger charge is -2.45. The number of imidazole rings is 1. The lowest BCUT2D eigenvalue weighted by atomic mass is 9.59. The van der Waals surface area contributed by atoms with Gasteiger partial charge in [0.15, 0.2) is 0 Å². The standard InChI is InChI=1S/C28H33FN8O/c1-18-10-28(11-18,27-34-32-17-35(27)3)21-9-22(13-30-12-21)33-26(38)23-8-20(16-37-7-5-31-25(23)37)15-36-6-4-24(29)19(2)14-36/h5,7-9,12-13,16-19,24H,4,6,10-11,14-15H2,1-3H3,(H,33,38)/t18?,19-,24+,28?/m1/s1. The van der Waals surface area contributed by atoms with E-state index in [0.717, 1.165) is 29.8 Å². The number of piperidine rings is 1. The number of carbonyl (C=O) groups excluding carboxylic acids is 1. The van der Waals surface area contributed by atoms with Gasteiger partial charge < -0.3 is 14.3 Å². The fourth-order valence-electron chi connectivity index (χ4n) is 6.31. The predicted octanol–water partition coefficient (Wildman–Crippen LogP) is 4.01. The van der Waals surface area contributed by atoms with E-state index in [2.05, 4.69) is 37.3 Å². The summed E-state index contributed by atoms with van der Waals surface area (Å²) in [5.74, 6) is 1.25. The molecule has 5 heterocycles. The van der Waals surface area contributed by atoms with Gasteiger partial charge in [-0.05, 0) is 48.4 Å². The van der Waals surface area contributed by atoms with Crippen molar-refractivity contribution in [3.63, 3.8) is 0 Å². The van der Waals surface area contributed by atoms with Crippen LogP contribution in [-0.2, 0) is 19.0 Å². The Labute approximate surface area is 221 Å². The van der Waals surface area contributed by atoms with Gasteiger partial charge in [0.05, 0.1) is 22.9 Å². The number of fused-ring (bicyclic) bond motifs is 1. The number of amides is 1. The molecule has 0 aromatic carbocycles. The maximum Gasteiger partial charge on any atom is 0.259 e. The van der Waals surface area contributed by atoms with E-state index < -0.39 is 6.17 Å². The monoisotopic (exact) mass is 516 g/mol. The fraction of sp³-hybridized carbons (Fsp3) is 0.464. The van der Waals surface area contributed by atoms with E-state index in [-0.39, 0.29) is 17.2 Å². The summed E-state index contributed by atoms with van der Waals surface area (Å²) in [5.41, 5.74) is 3.46. The number of hydrogen-bond donors (Lipinski definition) is 1. The normalized spacial score (nSPS) is 25.8. The van der Waals surface area contributed by atoms with Crippen LogP contribution in [0.25, 0.3) is 5.65 Å². The van der Waals surface area contributed by atoms with Crippen molar-refractivity contribution in [1.29, 1.82) is 0 Å². The molecule has 1 saturated carbocycles. The van der Waals surface area contributed by atoms with Crippen molar-refractivity contribution in [2.75, 3.05) is 18.4 Å². The van der Waals surface area contributed by atoms with Crippen LogP contribution in [0.2, 0.25) is 0 Å². The average molecular weight is 517 g/mol. The molecule has 9 nitrogen and oxygen atoms in total. The topological polar surface area (TPSA) is 93.2 Å². The molecule has 4 aromatic heterocycles. The second kappa shape index (κ2) is 9.58. The average Bonchev–Trinajstić information content (AvgIpc) is 3.53. The van der Waals surface area contributed by atoms with E-state index >= 15 is 0 Å². The molecule has 198 valence electrons. The quantitative estimate of drug-likeness (QED) is 0.416. The molecular weight excluding hydrogens is 483 g/mol. The van der Waals surface area contributed by atoms with Crippen molar-refractivity contribution in [3.8, 4) is 0 Å². The number of aryl methyl sites for hydroxylation is 1. The molecule has 38 heavy (non-hydrogen) atoms. The van der Waals surface area contributed by atoms with Gasteiger partial charge in [0, 0.05) is 57.4 Å². The first-order chi connectivity index (χ1) is 18.3. The minimum Gasteiger partial charge on any atom is -0.320 e. The number of rotatable bonds is 6. The highest BCUT2D eigenvalue weighted by atomic mass is 19.1. The Morgan fingerprint density at radius 1 is 1.24 bits per heavy atom. The van der Waals surface area contributed by atoms with Gasteiger partial charge in [-0.3, -0.25) is 14.7 Å². The van der Waals surface area contributed by atoms with Gasteiger partial charge in [-0.15, -0.1) is 10.2 Å². The van der Waals surface area contributed by atoms with Crippen LogP contribution in [0.15, 0.2) is 49.4 Å². The van der Waals surface area contributed by atoms with Gasteiger partial charge in [0.1, 0.15) is 24.0 Å². The van der Waals surface area contributed by atoms with Crippen LogP contribution in [0.3, 0.4) is 0 Å². The van der Waals surface area contributed by atoms with Crippen LogP contribution in [0.1, 0.15) is 60.4 Å². The highest BCUT2D eigenvalue weighted by Gasteiger charge is 2.48. The molecule has 1 N–H and O–H groups in total. The molecule has 4 aromatic rings. The number of likely N-dealkylation sites (tertiary alicyclic amines) is 1. The van der Waals surface area contributed by atoms with Crippen molar-refractivity contribution in [2.24, 2.45) is 18.9 Å². The zero-order chi connectivity index (χ0) is 26.4. The first-order valence-electron chi connectivity index (χ1n) is 13.3. The summed E-state index contributed by atoms with van der Waals surface area (Å²) in [5, 5.41) is 11.6. The maximum absolute atomic E-state index is 14.0. The Morgan fingerprint density at radius 3 is 2.82 bits per heavy atom. The van der Waals surface area contributed by atoms with Crippen molar-refractivity contribution in [1.82, 2.24) is 34.0 Å². The number of halogens is 1. The summed E-state index contributed by atoms with van der Waals surface area (Å²) in [6.45, 7) is 6.25. The molecule has 0 radical (unpaired) electrons. The minimum absolute atomic E-state index is 0.00626. The van der Waals surface area contributed by atoms with E-state index in [0.29, 0.717) is 48.9 Å². The van der Waals surface area contributed by atoms with Crippen LogP contribution in [0.5, 0.6) is 0 Å². The van der Waals surface area contributed by atoms with Gasteiger partial charge >= 0.3 is 0 Å². The first-order valence-corrected chi connectivity index (χ1v) is 13.3. The number of anilines is 1. The summed E-state index contributed by atoms with van der Waals surface area (Å²) in [6.07, 6.45) is 12.5. The van der Waals surface area contributed by atoms with Gasteiger partial charge in [0.2, 0.25) is 0 Å². The lowest BCUT2D eigenvalue weighted by Crippen LogP contribution is -2.43. The third-order valence-electron chi connectivity index (χ3n) is 8.16. The van der Waals surface area contributed by atoms with Crippen LogP contribution in [0, 0.1) is 11.8 Å². The zero-order valence-corrected chi connectivity index (χ0v) is 22.0. The number of nitrogens with zero attached hydrogens (tertiary/aromatic N) is 7. The number of nitrogens with one attached hydrogen (secondary N) is 1. The smallest absolute Gasteiger partial charge is 0.259 e. The largest absolute Gasteiger partial charge is 0.320 e. The van der Waals surface area contributed by atoms with E-state index in [1.165, 1.54) is 0 Å². The van der Waals surface area contributed by atoms with E-state index in [4.69, 9.17) is 0 Å². The summed E-state index contributed by atoms with van der Waals surface area (Å²) in [4.78, 5) is 24.7. The van der Waals surface area contributed by atoms with Crippen molar-refractivity contribution in [3.05, 3.63) is 72.0 Å². The molecule has 2 aliphatic rings. The van der Waals surface area contributed by atoms with Crippen molar-refractivity contribution < 1.29 is 9.18 Å². The lowest BCUT2D eigenvalue weighted by molar-refractivity contribution is 0.0925. The summed E-state index contributed by atoms with van der Waals surface area (Å²) < 4.78 is 17.8. The molecule has 2 fully saturated rings. The third kappa shape index (κ3) is 4.36. The molecule has 6 rings (SSSR count). The Bertz CT molecular complexity index is 1470. The molecule has 1 aliphatic heterocycles. The summed E-state index contributed by atoms with van der Waals surface area (Å²) in [7, 11) is 1.96. The van der Waals surface area contributed by atoms with E-state index in [9.17, 15) is 9.18 Å². The van der Waals surface area contributed by atoms with Crippen LogP contribution < -0.4 is 5.32 Å². The number of hydrogen-bond acceptors (Lipinski definition) is 6. The van der Waals surface area contributed by atoms with Crippen LogP contribution >= 0.6 is 0 Å². The predicted molar refractivity (Wildman–Crippen MR) is 142 cm³/mol. The molecule has 2 atom stereocenters. The number of aromatic nitrogens is 6. The first kappa shape index (κ1) is 24.7. The second-order valence-electron chi connectivity index (χ2n) is 11.2. The molecule has 0 bridgehead atoms. The highest BCUT2D eigenvalue weighted by molar-refractivity contribution is 6.08. The molecule has 1 amide bonds. The number of carbonyl (C=O) groups is 1. The van der Waals surface area contributed by atoms with Crippen molar-refractivity contribution in [2.45, 2.75) is 51.2 Å². The molecule has 1 aliphatic carbocycles. The highest BCUT2D eigenvalue weighted by Crippen LogP contribution is 2.51. The maximum atomic E-state index is 14.0. The summed E-state index contributed by atoms with van der Waals surface area (Å²) in [6, 6.07) is 3.90. The number of alkyl halides is 1. The molecule has 0 spiro atoms. The van der Waals surface area contributed by atoms with Crippen LogP contribution in [0.4, 0.5) is 10.1 Å². The van der Waals surface area contributed by atoms with Gasteiger partial charge in [-0.1, -0.05) is 13.8 Å². The second-order valence-corrected chi connectivity index (χ2v) is 11.2. The molecular formula is C28H33FN8O. The SMILES string of the molecule is CC1CC(c2cncc(NC(=O)c3cc(CN4CC[C@H](F)[C@H](C)C4)cn4ccnc34)c2)(c2nncn2C)C1. The van der Waals surface area contributed by atoms with Gasteiger partial charge in [0.25, 0.3) is 5.91 Å². The molecule has 1 saturated heterocycles. The Hall–Kier alpha value is -3.66. The summed E-state index contributed by atoms with van der Waals surface area (Å²) >= 11 is 0. The van der Waals surface area contributed by atoms with E-state index in [1.54, 1.807) is 18.7 Å². The molecule has 0 unspecified atom stereocenters.